The molecule has 0 spiro atoms. The lowest BCUT2D eigenvalue weighted by molar-refractivity contribution is -0.0450. The van der Waals surface area contributed by atoms with Crippen molar-refractivity contribution in [3.63, 3.8) is 0 Å². The fraction of sp³-hybridized carbons (Fsp3) is 0.667. The van der Waals surface area contributed by atoms with Gasteiger partial charge in [0.2, 0.25) is 0 Å². The Kier molecular flexibility index (Phi) is 6.23. The Labute approximate surface area is 126 Å². The molecule has 5 heteroatoms. The molecule has 2 unspecified atom stereocenters. The SMILES string of the molecule is CCCN1CCOC(C(Cc2ccncc2Cl)NC)C1. The van der Waals surface area contributed by atoms with Crippen LogP contribution in [-0.4, -0.2) is 55.3 Å². The van der Waals surface area contributed by atoms with Crippen molar-refractivity contribution in [3.05, 3.63) is 29.0 Å². The van der Waals surface area contributed by atoms with Crippen LogP contribution in [-0.2, 0) is 11.2 Å². The first-order chi connectivity index (χ1) is 9.74. The summed E-state index contributed by atoms with van der Waals surface area (Å²) in [4.78, 5) is 6.51. The second-order valence-electron chi connectivity index (χ2n) is 5.28. The van der Waals surface area contributed by atoms with Gasteiger partial charge in [0.05, 0.1) is 17.7 Å². The molecule has 2 rings (SSSR count). The van der Waals surface area contributed by atoms with Crippen molar-refractivity contribution in [1.82, 2.24) is 15.2 Å². The van der Waals surface area contributed by atoms with E-state index in [9.17, 15) is 0 Å². The van der Waals surface area contributed by atoms with E-state index >= 15 is 0 Å². The monoisotopic (exact) mass is 297 g/mol. The Hall–Kier alpha value is -0.680. The zero-order valence-electron chi connectivity index (χ0n) is 12.3. The molecule has 1 aromatic rings. The summed E-state index contributed by atoms with van der Waals surface area (Å²) in [5, 5.41) is 4.11. The number of hydrogen-bond acceptors (Lipinski definition) is 4. The maximum Gasteiger partial charge on any atom is 0.0858 e. The minimum absolute atomic E-state index is 0.213. The van der Waals surface area contributed by atoms with E-state index in [2.05, 4.69) is 22.1 Å². The predicted octanol–water partition coefficient (Wildman–Crippen LogP) is 1.98. The summed E-state index contributed by atoms with van der Waals surface area (Å²) in [6.07, 6.45) is 5.76. The highest BCUT2D eigenvalue weighted by Crippen LogP contribution is 2.19. The summed E-state index contributed by atoms with van der Waals surface area (Å²) in [6.45, 7) is 6.20. The average molecular weight is 298 g/mol. The molecule has 0 aliphatic carbocycles. The average Bonchev–Trinajstić information content (AvgIpc) is 2.47. The molecular weight excluding hydrogens is 274 g/mol. The lowest BCUT2D eigenvalue weighted by atomic mass is 10.0. The van der Waals surface area contributed by atoms with Gasteiger partial charge in [-0.05, 0) is 38.1 Å². The van der Waals surface area contributed by atoms with Crippen LogP contribution in [0, 0.1) is 0 Å². The number of aromatic nitrogens is 1. The predicted molar refractivity (Wildman–Crippen MR) is 82.3 cm³/mol. The smallest absolute Gasteiger partial charge is 0.0858 e. The quantitative estimate of drug-likeness (QED) is 0.871. The minimum atomic E-state index is 0.213. The number of rotatable bonds is 6. The Balaban J connectivity index is 1.99. The number of pyridine rings is 1. The number of likely N-dealkylation sites (N-methyl/N-ethyl adjacent to an activating group) is 1. The summed E-state index contributed by atoms with van der Waals surface area (Å²) in [7, 11) is 1.99. The standard InChI is InChI=1S/C15H24ClN3O/c1-3-6-19-7-8-20-15(11-19)14(17-2)9-12-4-5-18-10-13(12)16/h4-5,10,14-15,17H,3,6-9,11H2,1-2H3. The first-order valence-electron chi connectivity index (χ1n) is 7.34. The molecule has 1 aliphatic rings. The molecule has 4 nitrogen and oxygen atoms in total. The number of ether oxygens (including phenoxy) is 1. The van der Waals surface area contributed by atoms with Crippen molar-refractivity contribution < 1.29 is 4.74 Å². The third-order valence-electron chi connectivity index (χ3n) is 3.83. The van der Waals surface area contributed by atoms with E-state index in [0.29, 0.717) is 0 Å². The molecule has 1 saturated heterocycles. The highest BCUT2D eigenvalue weighted by atomic mass is 35.5. The normalized spacial score (nSPS) is 21.9. The van der Waals surface area contributed by atoms with Crippen molar-refractivity contribution in [1.29, 1.82) is 0 Å². The van der Waals surface area contributed by atoms with Gasteiger partial charge >= 0.3 is 0 Å². The Morgan fingerprint density at radius 3 is 3.15 bits per heavy atom. The van der Waals surface area contributed by atoms with E-state index < -0.39 is 0 Å². The van der Waals surface area contributed by atoms with Crippen LogP contribution in [0.3, 0.4) is 0 Å². The van der Waals surface area contributed by atoms with Crippen molar-refractivity contribution in [2.45, 2.75) is 31.9 Å². The van der Waals surface area contributed by atoms with Gasteiger partial charge in [0.15, 0.2) is 0 Å². The zero-order chi connectivity index (χ0) is 14.4. The zero-order valence-corrected chi connectivity index (χ0v) is 13.1. The minimum Gasteiger partial charge on any atom is -0.374 e. The Bertz CT molecular complexity index is 414. The topological polar surface area (TPSA) is 37.4 Å². The van der Waals surface area contributed by atoms with Crippen LogP contribution < -0.4 is 5.32 Å². The highest BCUT2D eigenvalue weighted by molar-refractivity contribution is 6.31. The third-order valence-corrected chi connectivity index (χ3v) is 4.17. The van der Waals surface area contributed by atoms with Gasteiger partial charge in [-0.1, -0.05) is 18.5 Å². The number of nitrogens with one attached hydrogen (secondary N) is 1. The molecule has 1 aromatic heterocycles. The maximum absolute atomic E-state index is 6.20. The molecule has 0 radical (unpaired) electrons. The largest absolute Gasteiger partial charge is 0.374 e. The van der Waals surface area contributed by atoms with E-state index in [4.69, 9.17) is 16.3 Å². The fourth-order valence-electron chi connectivity index (χ4n) is 2.72. The summed E-state index contributed by atoms with van der Waals surface area (Å²) >= 11 is 6.20. The molecule has 1 N–H and O–H groups in total. The van der Waals surface area contributed by atoms with Gasteiger partial charge in [0, 0.05) is 31.5 Å². The van der Waals surface area contributed by atoms with Crippen molar-refractivity contribution in [2.24, 2.45) is 0 Å². The summed E-state index contributed by atoms with van der Waals surface area (Å²) in [5.74, 6) is 0. The highest BCUT2D eigenvalue weighted by Gasteiger charge is 2.27. The Morgan fingerprint density at radius 2 is 2.45 bits per heavy atom. The Morgan fingerprint density at radius 1 is 1.60 bits per heavy atom. The molecular formula is C15H24ClN3O. The van der Waals surface area contributed by atoms with E-state index in [-0.39, 0.29) is 12.1 Å². The number of morpholine rings is 1. The first-order valence-corrected chi connectivity index (χ1v) is 7.72. The van der Waals surface area contributed by atoms with E-state index in [1.165, 1.54) is 6.42 Å². The molecule has 1 fully saturated rings. The summed E-state index contributed by atoms with van der Waals surface area (Å²) in [6, 6.07) is 2.26. The molecule has 1 aliphatic heterocycles. The lowest BCUT2D eigenvalue weighted by Crippen LogP contribution is -2.52. The van der Waals surface area contributed by atoms with Crippen molar-refractivity contribution in [2.75, 3.05) is 33.3 Å². The number of hydrogen-bond donors (Lipinski definition) is 1. The third kappa shape index (κ3) is 4.16. The second kappa shape index (κ2) is 7.93. The van der Waals surface area contributed by atoms with Crippen LogP contribution in [0.15, 0.2) is 18.5 Å². The fourth-order valence-corrected chi connectivity index (χ4v) is 2.92. The van der Waals surface area contributed by atoms with Crippen molar-refractivity contribution >= 4 is 11.6 Å². The van der Waals surface area contributed by atoms with E-state index in [1.807, 2.05) is 13.1 Å². The van der Waals surface area contributed by atoms with Crippen molar-refractivity contribution in [3.8, 4) is 0 Å². The first kappa shape index (κ1) is 15.7. The molecule has 0 saturated carbocycles. The van der Waals surface area contributed by atoms with Crippen LogP contribution in [0.25, 0.3) is 0 Å². The van der Waals surface area contributed by atoms with Gasteiger partial charge in [-0.3, -0.25) is 9.88 Å². The summed E-state index contributed by atoms with van der Waals surface area (Å²) < 4.78 is 5.96. The lowest BCUT2D eigenvalue weighted by Gasteiger charge is -2.37. The van der Waals surface area contributed by atoms with Gasteiger partial charge in [-0.25, -0.2) is 0 Å². The number of halogens is 1. The molecule has 112 valence electrons. The summed E-state index contributed by atoms with van der Waals surface area (Å²) in [5.41, 5.74) is 1.12. The van der Waals surface area contributed by atoms with Crippen LogP contribution in [0.5, 0.6) is 0 Å². The van der Waals surface area contributed by atoms with Gasteiger partial charge in [0.1, 0.15) is 0 Å². The van der Waals surface area contributed by atoms with E-state index in [1.54, 1.807) is 12.4 Å². The van der Waals surface area contributed by atoms with Gasteiger partial charge in [-0.2, -0.15) is 0 Å². The molecule has 0 aromatic carbocycles. The molecule has 2 atom stereocenters. The van der Waals surface area contributed by atoms with Gasteiger partial charge < -0.3 is 10.1 Å². The molecule has 2 heterocycles. The maximum atomic E-state index is 6.20. The van der Waals surface area contributed by atoms with Crippen LogP contribution in [0.4, 0.5) is 0 Å². The second-order valence-corrected chi connectivity index (χ2v) is 5.68. The number of nitrogens with zero attached hydrogens (tertiary/aromatic N) is 2. The van der Waals surface area contributed by atoms with Crippen LogP contribution in [0.1, 0.15) is 18.9 Å². The van der Waals surface area contributed by atoms with Crippen LogP contribution in [0.2, 0.25) is 5.02 Å². The molecule has 0 bridgehead atoms. The van der Waals surface area contributed by atoms with Crippen LogP contribution >= 0.6 is 11.6 Å². The van der Waals surface area contributed by atoms with E-state index in [0.717, 1.165) is 43.2 Å². The molecule has 20 heavy (non-hydrogen) atoms. The molecule has 0 amide bonds. The van der Waals surface area contributed by atoms with Gasteiger partial charge in [-0.15, -0.1) is 0 Å². The van der Waals surface area contributed by atoms with Gasteiger partial charge in [0.25, 0.3) is 0 Å².